The Morgan fingerprint density at radius 2 is 1.42 bits per heavy atom. The Labute approximate surface area is 155 Å². The lowest BCUT2D eigenvalue weighted by Gasteiger charge is -2.29. The van der Waals surface area contributed by atoms with Crippen LogP contribution in [0.1, 0.15) is 18.9 Å². The van der Waals surface area contributed by atoms with Gasteiger partial charge in [0.25, 0.3) is 0 Å². The molecule has 0 radical (unpaired) electrons. The molecule has 0 aromatic heterocycles. The normalized spacial score (nSPS) is 18.7. The molecule has 1 nitrogen and oxygen atoms in total. The van der Waals surface area contributed by atoms with Gasteiger partial charge in [-0.05, 0) is 41.3 Å². The number of nitrogens with one attached hydrogen (secondary N) is 1. The third kappa shape index (κ3) is 3.34. The van der Waals surface area contributed by atoms with Crippen molar-refractivity contribution in [3.63, 3.8) is 0 Å². The molecule has 0 saturated heterocycles. The second-order valence-corrected chi connectivity index (χ2v) is 7.02. The number of benzene rings is 3. The van der Waals surface area contributed by atoms with E-state index >= 15 is 0 Å². The smallest absolute Gasteiger partial charge is 0.0425 e. The maximum Gasteiger partial charge on any atom is 0.0425 e. The van der Waals surface area contributed by atoms with Crippen molar-refractivity contribution in [2.45, 2.75) is 18.8 Å². The van der Waals surface area contributed by atoms with Crippen molar-refractivity contribution < 1.29 is 0 Å². The molecule has 1 unspecified atom stereocenters. The first-order valence-corrected chi connectivity index (χ1v) is 9.11. The molecule has 1 N–H and O–H groups in total. The summed E-state index contributed by atoms with van der Waals surface area (Å²) in [5, 5.41) is 3.62. The summed E-state index contributed by atoms with van der Waals surface area (Å²) in [7, 11) is 0. The molecule has 1 aliphatic carbocycles. The van der Waals surface area contributed by atoms with Crippen molar-refractivity contribution in [3.05, 3.63) is 109 Å². The van der Waals surface area contributed by atoms with Gasteiger partial charge in [0.05, 0.1) is 0 Å². The van der Waals surface area contributed by atoms with E-state index in [-0.39, 0.29) is 5.41 Å². The molecule has 128 valence electrons. The summed E-state index contributed by atoms with van der Waals surface area (Å²) in [4.78, 5) is 0. The van der Waals surface area contributed by atoms with E-state index in [0.29, 0.717) is 0 Å². The summed E-state index contributed by atoms with van der Waals surface area (Å²) in [5.41, 5.74) is 6.11. The highest BCUT2D eigenvalue weighted by molar-refractivity contribution is 5.70. The fourth-order valence-corrected chi connectivity index (χ4v) is 3.55. The molecule has 26 heavy (non-hydrogen) atoms. The van der Waals surface area contributed by atoms with Gasteiger partial charge < -0.3 is 5.32 Å². The number of rotatable bonds is 4. The lowest BCUT2D eigenvalue weighted by molar-refractivity contribution is 0.602. The van der Waals surface area contributed by atoms with Gasteiger partial charge in [-0.15, -0.1) is 0 Å². The molecule has 0 aliphatic heterocycles. The van der Waals surface area contributed by atoms with E-state index in [1.54, 1.807) is 0 Å². The van der Waals surface area contributed by atoms with Gasteiger partial charge in [-0.1, -0.05) is 91.9 Å². The van der Waals surface area contributed by atoms with Crippen molar-refractivity contribution >= 4 is 11.4 Å². The summed E-state index contributed by atoms with van der Waals surface area (Å²) < 4.78 is 0. The van der Waals surface area contributed by atoms with Crippen molar-refractivity contribution in [2.24, 2.45) is 0 Å². The van der Waals surface area contributed by atoms with Gasteiger partial charge in [0.15, 0.2) is 0 Å². The molecule has 0 bridgehead atoms. The molecular formula is C25H23N. The number of para-hydroxylation sites is 1. The highest BCUT2D eigenvalue weighted by Gasteiger charge is 2.26. The number of hydrogen-bond acceptors (Lipinski definition) is 1. The van der Waals surface area contributed by atoms with Crippen molar-refractivity contribution in [2.75, 3.05) is 5.32 Å². The Bertz CT molecular complexity index is 935. The summed E-state index contributed by atoms with van der Waals surface area (Å²) in [6.45, 7) is 2.30. The monoisotopic (exact) mass is 337 g/mol. The van der Waals surface area contributed by atoms with Gasteiger partial charge in [0.2, 0.25) is 0 Å². The van der Waals surface area contributed by atoms with Crippen LogP contribution in [0, 0.1) is 0 Å². The quantitative estimate of drug-likeness (QED) is 0.547. The van der Waals surface area contributed by atoms with Crippen LogP contribution in [0.3, 0.4) is 0 Å². The van der Waals surface area contributed by atoms with Gasteiger partial charge in [-0.25, -0.2) is 0 Å². The third-order valence-electron chi connectivity index (χ3n) is 5.07. The number of anilines is 2. The predicted molar refractivity (Wildman–Crippen MR) is 112 cm³/mol. The van der Waals surface area contributed by atoms with Crippen LogP contribution in [0.15, 0.2) is 103 Å². The van der Waals surface area contributed by atoms with Gasteiger partial charge in [0, 0.05) is 16.8 Å². The SMILES string of the molecule is CC1(c2ccccc2Nc2ccc(-c3ccccc3)cc2)C=CC=CC1. The van der Waals surface area contributed by atoms with E-state index in [4.69, 9.17) is 0 Å². The fourth-order valence-electron chi connectivity index (χ4n) is 3.55. The van der Waals surface area contributed by atoms with Gasteiger partial charge in [-0.3, -0.25) is 0 Å². The number of hydrogen-bond donors (Lipinski definition) is 1. The van der Waals surface area contributed by atoms with Crippen LogP contribution < -0.4 is 5.32 Å². The highest BCUT2D eigenvalue weighted by Crippen LogP contribution is 2.37. The topological polar surface area (TPSA) is 12.0 Å². The van der Waals surface area contributed by atoms with Crippen LogP contribution in [0.25, 0.3) is 11.1 Å². The third-order valence-corrected chi connectivity index (χ3v) is 5.07. The second-order valence-electron chi connectivity index (χ2n) is 7.02. The van der Waals surface area contributed by atoms with Crippen molar-refractivity contribution in [1.29, 1.82) is 0 Å². The molecule has 0 spiro atoms. The second kappa shape index (κ2) is 7.05. The molecule has 0 saturated carbocycles. The average Bonchev–Trinajstić information content (AvgIpc) is 2.70. The fraction of sp³-hybridized carbons (Fsp3) is 0.120. The van der Waals surface area contributed by atoms with Crippen LogP contribution in [0.4, 0.5) is 11.4 Å². The minimum Gasteiger partial charge on any atom is -0.355 e. The maximum atomic E-state index is 3.62. The Kier molecular flexibility index (Phi) is 4.45. The molecule has 1 atom stereocenters. The van der Waals surface area contributed by atoms with E-state index < -0.39 is 0 Å². The zero-order chi connectivity index (χ0) is 17.8. The van der Waals surface area contributed by atoms with E-state index in [1.807, 2.05) is 6.07 Å². The first-order valence-electron chi connectivity index (χ1n) is 9.11. The Morgan fingerprint density at radius 1 is 0.731 bits per heavy atom. The molecule has 0 heterocycles. The summed E-state index contributed by atoms with van der Waals surface area (Å²) in [6, 6.07) is 27.7. The molecular weight excluding hydrogens is 314 g/mol. The lowest BCUT2D eigenvalue weighted by atomic mass is 9.76. The maximum absolute atomic E-state index is 3.62. The molecule has 0 amide bonds. The van der Waals surface area contributed by atoms with Crippen LogP contribution in [-0.4, -0.2) is 0 Å². The van der Waals surface area contributed by atoms with Gasteiger partial charge in [-0.2, -0.15) is 0 Å². The lowest BCUT2D eigenvalue weighted by Crippen LogP contribution is -2.20. The highest BCUT2D eigenvalue weighted by atomic mass is 14.9. The van der Waals surface area contributed by atoms with Crippen LogP contribution in [0.5, 0.6) is 0 Å². The average molecular weight is 337 g/mol. The Hall–Kier alpha value is -3.06. The van der Waals surface area contributed by atoms with Crippen molar-refractivity contribution in [1.82, 2.24) is 0 Å². The summed E-state index contributed by atoms with van der Waals surface area (Å²) in [5.74, 6) is 0. The zero-order valence-electron chi connectivity index (χ0n) is 15.0. The summed E-state index contributed by atoms with van der Waals surface area (Å²) >= 11 is 0. The first-order chi connectivity index (χ1) is 12.7. The van der Waals surface area contributed by atoms with Gasteiger partial charge >= 0.3 is 0 Å². The predicted octanol–water partition coefficient (Wildman–Crippen LogP) is 6.87. The molecule has 3 aromatic carbocycles. The first kappa shape index (κ1) is 16.4. The largest absolute Gasteiger partial charge is 0.355 e. The van der Waals surface area contributed by atoms with Crippen LogP contribution >= 0.6 is 0 Å². The standard InChI is InChI=1S/C25H23N/c1-25(18-8-3-9-19-25)23-12-6-7-13-24(23)26-22-16-14-21(15-17-22)20-10-4-2-5-11-20/h2-18,26H,19H2,1H3. The van der Waals surface area contributed by atoms with Gasteiger partial charge in [0.1, 0.15) is 0 Å². The molecule has 4 rings (SSSR count). The van der Waals surface area contributed by atoms with E-state index in [0.717, 1.165) is 12.1 Å². The Balaban J connectivity index is 1.60. The van der Waals surface area contributed by atoms with Crippen molar-refractivity contribution in [3.8, 4) is 11.1 Å². The minimum absolute atomic E-state index is 0.0301. The van der Waals surface area contributed by atoms with E-state index in [9.17, 15) is 0 Å². The minimum atomic E-state index is 0.0301. The van der Waals surface area contributed by atoms with E-state index in [1.165, 1.54) is 22.4 Å². The van der Waals surface area contributed by atoms with Crippen LogP contribution in [-0.2, 0) is 5.41 Å². The number of allylic oxidation sites excluding steroid dienone is 4. The zero-order valence-corrected chi connectivity index (χ0v) is 15.0. The molecule has 1 aliphatic rings. The van der Waals surface area contributed by atoms with E-state index in [2.05, 4.69) is 109 Å². The molecule has 1 heteroatoms. The summed E-state index contributed by atoms with van der Waals surface area (Å²) in [6.07, 6.45) is 9.83. The Morgan fingerprint density at radius 3 is 2.15 bits per heavy atom. The van der Waals surface area contributed by atoms with Crippen LogP contribution in [0.2, 0.25) is 0 Å². The molecule has 0 fully saturated rings. The molecule has 3 aromatic rings.